The van der Waals surface area contributed by atoms with Crippen molar-refractivity contribution < 1.29 is 0 Å². The van der Waals surface area contributed by atoms with Gasteiger partial charge in [0.25, 0.3) is 0 Å². The average molecular weight is 387 g/mol. The first-order valence-corrected chi connectivity index (χ1v) is 11.1. The predicted molar refractivity (Wildman–Crippen MR) is 126 cm³/mol. The highest BCUT2D eigenvalue weighted by atomic mass is 14.4. The summed E-state index contributed by atoms with van der Waals surface area (Å²) in [4.78, 5) is 0. The Balaban J connectivity index is 1.40. The van der Waals surface area contributed by atoms with E-state index in [4.69, 9.17) is 0 Å². The van der Waals surface area contributed by atoms with Gasteiger partial charge in [-0.3, -0.25) is 0 Å². The van der Waals surface area contributed by atoms with Crippen LogP contribution in [0.15, 0.2) is 84.9 Å². The minimum Gasteiger partial charge on any atom is -0.0619 e. The van der Waals surface area contributed by atoms with E-state index in [-0.39, 0.29) is 0 Å². The zero-order valence-electron chi connectivity index (χ0n) is 17.7. The summed E-state index contributed by atoms with van der Waals surface area (Å²) in [5.41, 5.74) is 14.5. The third-order valence-electron chi connectivity index (χ3n) is 7.16. The fourth-order valence-electron chi connectivity index (χ4n) is 5.81. The maximum absolute atomic E-state index is 2.42. The first-order valence-electron chi connectivity index (χ1n) is 11.1. The van der Waals surface area contributed by atoms with Crippen LogP contribution in [0.4, 0.5) is 0 Å². The maximum Gasteiger partial charge on any atom is 0.0102 e. The van der Waals surface area contributed by atoms with Crippen LogP contribution in [0.5, 0.6) is 0 Å². The molecule has 4 aromatic carbocycles. The maximum atomic E-state index is 2.42. The lowest BCUT2D eigenvalue weighted by atomic mass is 9.84. The van der Waals surface area contributed by atoms with Crippen molar-refractivity contribution in [1.29, 1.82) is 0 Å². The summed E-state index contributed by atoms with van der Waals surface area (Å²) in [5, 5.41) is 0. The Morgan fingerprint density at radius 1 is 0.467 bits per heavy atom. The lowest BCUT2D eigenvalue weighted by Gasteiger charge is -2.19. The van der Waals surface area contributed by atoms with Gasteiger partial charge in [-0.1, -0.05) is 96.1 Å². The largest absolute Gasteiger partial charge is 0.0619 e. The standard InChI is InChI=1S/C30H26/c1-19-11-13-26-27-14-12-20(2)18-30(27)28(29(26)17-19)16-15-25-23-9-5-3-7-21(23)22-8-4-6-10-24(22)25/h3-14,17-18,25,28H,15-16H2,1-2H3. The van der Waals surface area contributed by atoms with E-state index < -0.39 is 0 Å². The van der Waals surface area contributed by atoms with E-state index in [2.05, 4.69) is 98.8 Å². The molecule has 0 saturated carbocycles. The Kier molecular flexibility index (Phi) is 3.96. The zero-order chi connectivity index (χ0) is 20.2. The predicted octanol–water partition coefficient (Wildman–Crippen LogP) is 8.01. The lowest BCUT2D eigenvalue weighted by molar-refractivity contribution is 0.625. The van der Waals surface area contributed by atoms with Crippen molar-refractivity contribution in [3.63, 3.8) is 0 Å². The van der Waals surface area contributed by atoms with Crippen molar-refractivity contribution in [2.75, 3.05) is 0 Å². The van der Waals surface area contributed by atoms with Crippen LogP contribution in [0.3, 0.4) is 0 Å². The summed E-state index contributed by atoms with van der Waals surface area (Å²) in [6.07, 6.45) is 2.36. The van der Waals surface area contributed by atoms with Crippen molar-refractivity contribution in [1.82, 2.24) is 0 Å². The van der Waals surface area contributed by atoms with Crippen molar-refractivity contribution in [2.45, 2.75) is 38.5 Å². The van der Waals surface area contributed by atoms with Gasteiger partial charge in [0, 0.05) is 11.8 Å². The highest BCUT2D eigenvalue weighted by molar-refractivity contribution is 5.80. The average Bonchev–Trinajstić information content (AvgIpc) is 3.24. The van der Waals surface area contributed by atoms with E-state index in [0.29, 0.717) is 11.8 Å². The summed E-state index contributed by atoms with van der Waals surface area (Å²) in [7, 11) is 0. The highest BCUT2D eigenvalue weighted by Crippen LogP contribution is 2.51. The third-order valence-corrected chi connectivity index (χ3v) is 7.16. The van der Waals surface area contributed by atoms with Gasteiger partial charge < -0.3 is 0 Å². The summed E-state index contributed by atoms with van der Waals surface area (Å²) in [6.45, 7) is 4.43. The van der Waals surface area contributed by atoms with Crippen LogP contribution in [0.2, 0.25) is 0 Å². The van der Waals surface area contributed by atoms with E-state index in [9.17, 15) is 0 Å². The van der Waals surface area contributed by atoms with E-state index in [0.717, 1.165) is 0 Å². The molecule has 4 aromatic rings. The van der Waals surface area contributed by atoms with Crippen molar-refractivity contribution in [3.8, 4) is 22.3 Å². The molecule has 6 rings (SSSR count). The first-order chi connectivity index (χ1) is 14.7. The summed E-state index contributed by atoms with van der Waals surface area (Å²) in [6, 6.07) is 32.0. The minimum atomic E-state index is 0.495. The van der Waals surface area contributed by atoms with Gasteiger partial charge in [0.2, 0.25) is 0 Å². The van der Waals surface area contributed by atoms with Gasteiger partial charge >= 0.3 is 0 Å². The van der Waals surface area contributed by atoms with Gasteiger partial charge in [-0.15, -0.1) is 0 Å². The van der Waals surface area contributed by atoms with E-state index in [1.54, 1.807) is 0 Å². The Morgan fingerprint density at radius 2 is 0.867 bits per heavy atom. The molecule has 0 fully saturated rings. The number of rotatable bonds is 3. The second-order valence-electron chi connectivity index (χ2n) is 9.04. The summed E-state index contributed by atoms with van der Waals surface area (Å²) < 4.78 is 0. The Labute approximate surface area is 179 Å². The molecule has 0 saturated heterocycles. The van der Waals surface area contributed by atoms with Gasteiger partial charge in [-0.2, -0.15) is 0 Å². The molecular formula is C30H26. The molecule has 0 bridgehead atoms. The highest BCUT2D eigenvalue weighted by Gasteiger charge is 2.32. The summed E-state index contributed by atoms with van der Waals surface area (Å²) >= 11 is 0. The molecular weight excluding hydrogens is 360 g/mol. The SMILES string of the molecule is Cc1ccc2c(c1)C(CCC1c3ccccc3-c3ccccc31)c1cc(C)ccc1-2. The smallest absolute Gasteiger partial charge is 0.0102 e. The second kappa shape index (κ2) is 6.71. The summed E-state index contributed by atoms with van der Waals surface area (Å²) in [5.74, 6) is 0.995. The number of hydrogen-bond donors (Lipinski definition) is 0. The second-order valence-corrected chi connectivity index (χ2v) is 9.04. The fraction of sp³-hybridized carbons (Fsp3) is 0.200. The monoisotopic (exact) mass is 386 g/mol. The molecule has 2 aliphatic rings. The van der Waals surface area contributed by atoms with Crippen LogP contribution in [0.1, 0.15) is 58.1 Å². The van der Waals surface area contributed by atoms with E-state index >= 15 is 0 Å². The van der Waals surface area contributed by atoms with Gasteiger partial charge in [0.1, 0.15) is 0 Å². The zero-order valence-corrected chi connectivity index (χ0v) is 17.7. The van der Waals surface area contributed by atoms with Crippen LogP contribution in [-0.4, -0.2) is 0 Å². The molecule has 0 amide bonds. The number of hydrogen-bond acceptors (Lipinski definition) is 0. The molecule has 30 heavy (non-hydrogen) atoms. The molecule has 0 spiro atoms. The molecule has 146 valence electrons. The van der Waals surface area contributed by atoms with Crippen LogP contribution in [0, 0.1) is 13.8 Å². The van der Waals surface area contributed by atoms with E-state index in [1.165, 1.54) is 68.5 Å². The quantitative estimate of drug-likeness (QED) is 0.334. The molecule has 0 N–H and O–H groups in total. The normalized spacial score (nSPS) is 14.3. The molecule has 0 heterocycles. The third kappa shape index (κ3) is 2.60. The molecule has 0 heteroatoms. The lowest BCUT2D eigenvalue weighted by Crippen LogP contribution is -2.03. The first kappa shape index (κ1) is 17.7. The van der Waals surface area contributed by atoms with Gasteiger partial charge in [-0.05, 0) is 71.2 Å². The van der Waals surface area contributed by atoms with Crippen molar-refractivity contribution >= 4 is 0 Å². The molecule has 0 unspecified atom stereocenters. The molecule has 0 aromatic heterocycles. The molecule has 2 aliphatic carbocycles. The Bertz CT molecular complexity index is 1180. The van der Waals surface area contributed by atoms with Crippen molar-refractivity contribution in [3.05, 3.63) is 118 Å². The number of fused-ring (bicyclic) bond motifs is 6. The number of benzene rings is 4. The van der Waals surface area contributed by atoms with Crippen LogP contribution in [0.25, 0.3) is 22.3 Å². The molecule has 0 radical (unpaired) electrons. The van der Waals surface area contributed by atoms with Gasteiger partial charge in [-0.25, -0.2) is 0 Å². The van der Waals surface area contributed by atoms with Crippen molar-refractivity contribution in [2.24, 2.45) is 0 Å². The molecule has 0 aliphatic heterocycles. The number of aryl methyl sites for hydroxylation is 2. The van der Waals surface area contributed by atoms with Crippen LogP contribution < -0.4 is 0 Å². The van der Waals surface area contributed by atoms with E-state index in [1.807, 2.05) is 0 Å². The Hall–Kier alpha value is -3.12. The topological polar surface area (TPSA) is 0 Å². The van der Waals surface area contributed by atoms with Crippen LogP contribution >= 0.6 is 0 Å². The fourth-order valence-corrected chi connectivity index (χ4v) is 5.81. The van der Waals surface area contributed by atoms with Gasteiger partial charge in [0.15, 0.2) is 0 Å². The molecule has 0 atom stereocenters. The molecule has 0 nitrogen and oxygen atoms in total. The minimum absolute atomic E-state index is 0.495. The van der Waals surface area contributed by atoms with Crippen LogP contribution in [-0.2, 0) is 0 Å². The Morgan fingerprint density at radius 3 is 1.37 bits per heavy atom. The van der Waals surface area contributed by atoms with Gasteiger partial charge in [0.05, 0.1) is 0 Å².